The third-order valence-electron chi connectivity index (χ3n) is 5.39. The van der Waals surface area contributed by atoms with Gasteiger partial charge in [0.2, 0.25) is 5.91 Å². The molecule has 0 spiro atoms. The molecule has 0 radical (unpaired) electrons. The van der Waals surface area contributed by atoms with Gasteiger partial charge in [-0.05, 0) is 84.7 Å². The van der Waals surface area contributed by atoms with E-state index in [0.717, 1.165) is 21.2 Å². The van der Waals surface area contributed by atoms with E-state index < -0.39 is 15.9 Å². The lowest BCUT2D eigenvalue weighted by Crippen LogP contribution is -2.41. The van der Waals surface area contributed by atoms with Gasteiger partial charge in [0.25, 0.3) is 10.0 Å². The Hall–Kier alpha value is -3.04. The predicted molar refractivity (Wildman–Crippen MR) is 141 cm³/mol. The average Bonchev–Trinajstić information content (AvgIpc) is 2.83. The Labute approximate surface area is 215 Å². The van der Waals surface area contributed by atoms with Gasteiger partial charge in [-0.1, -0.05) is 29.8 Å². The minimum absolute atomic E-state index is 0.0399. The summed E-state index contributed by atoms with van der Waals surface area (Å²) in [5.74, 6) is 0.827. The minimum atomic E-state index is -4.05. The lowest BCUT2D eigenvalue weighted by atomic mass is 10.1. The standard InChI is InChI=1S/C26H29BrN2O5S/c1-5-34-22-12-8-20(9-13-22)19(3)28-26(30)17-29(21-10-6-18(2)7-11-21)35(31,32)23-14-15-25(33-4)24(27)16-23/h6-16,19H,5,17H2,1-4H3,(H,28,30)/t19-/m1/s1. The summed E-state index contributed by atoms with van der Waals surface area (Å²) < 4.78 is 39.5. The summed E-state index contributed by atoms with van der Waals surface area (Å²) in [6, 6.07) is 18.6. The molecule has 0 fully saturated rings. The highest BCUT2D eigenvalue weighted by Gasteiger charge is 2.28. The number of sulfonamides is 1. The molecular formula is C26H29BrN2O5S. The van der Waals surface area contributed by atoms with Crippen molar-refractivity contribution in [1.29, 1.82) is 0 Å². The maximum absolute atomic E-state index is 13.6. The first-order valence-electron chi connectivity index (χ1n) is 11.1. The van der Waals surface area contributed by atoms with Gasteiger partial charge in [0.15, 0.2) is 0 Å². The molecule has 3 aromatic carbocycles. The fraction of sp³-hybridized carbons (Fsp3) is 0.269. The Kier molecular flexibility index (Phi) is 8.80. The Balaban J connectivity index is 1.86. The van der Waals surface area contributed by atoms with Crippen LogP contribution in [0.3, 0.4) is 0 Å². The van der Waals surface area contributed by atoms with Crippen LogP contribution in [0, 0.1) is 6.92 Å². The van der Waals surface area contributed by atoms with Crippen LogP contribution in [0.25, 0.3) is 0 Å². The van der Waals surface area contributed by atoms with Crippen LogP contribution < -0.4 is 19.1 Å². The van der Waals surface area contributed by atoms with E-state index in [0.29, 0.717) is 22.5 Å². The van der Waals surface area contributed by atoms with Crippen LogP contribution in [0.1, 0.15) is 31.0 Å². The third-order valence-corrected chi connectivity index (χ3v) is 7.78. The highest BCUT2D eigenvalue weighted by molar-refractivity contribution is 9.10. The van der Waals surface area contributed by atoms with Crippen molar-refractivity contribution >= 4 is 37.5 Å². The van der Waals surface area contributed by atoms with E-state index in [9.17, 15) is 13.2 Å². The Morgan fingerprint density at radius 3 is 2.29 bits per heavy atom. The summed E-state index contributed by atoms with van der Waals surface area (Å²) in [4.78, 5) is 13.1. The zero-order valence-electron chi connectivity index (χ0n) is 20.1. The van der Waals surface area contributed by atoms with E-state index in [1.54, 1.807) is 18.2 Å². The predicted octanol–water partition coefficient (Wildman–Crippen LogP) is 5.24. The Bertz CT molecular complexity index is 1260. The first-order valence-corrected chi connectivity index (χ1v) is 13.3. The van der Waals surface area contributed by atoms with Crippen molar-refractivity contribution in [2.24, 2.45) is 0 Å². The third kappa shape index (κ3) is 6.55. The quantitative estimate of drug-likeness (QED) is 0.366. The first kappa shape index (κ1) is 26.6. The zero-order chi connectivity index (χ0) is 25.6. The molecule has 0 aliphatic carbocycles. The molecule has 3 rings (SSSR count). The van der Waals surface area contributed by atoms with Crippen molar-refractivity contribution < 1.29 is 22.7 Å². The maximum atomic E-state index is 13.6. The summed E-state index contributed by atoms with van der Waals surface area (Å²) in [5, 5.41) is 2.90. The largest absolute Gasteiger partial charge is 0.496 e. The van der Waals surface area contributed by atoms with E-state index in [2.05, 4.69) is 21.2 Å². The smallest absolute Gasteiger partial charge is 0.264 e. The van der Waals surface area contributed by atoms with Gasteiger partial charge in [0.1, 0.15) is 18.0 Å². The molecule has 0 saturated carbocycles. The molecule has 0 bridgehead atoms. The van der Waals surface area contributed by atoms with Crippen LogP contribution >= 0.6 is 15.9 Å². The number of hydrogen-bond donors (Lipinski definition) is 1. The topological polar surface area (TPSA) is 84.9 Å². The normalized spacial score (nSPS) is 12.0. The van der Waals surface area contributed by atoms with Crippen molar-refractivity contribution in [3.8, 4) is 11.5 Å². The monoisotopic (exact) mass is 560 g/mol. The van der Waals surface area contributed by atoms with Crippen LogP contribution in [0.2, 0.25) is 0 Å². The van der Waals surface area contributed by atoms with Crippen molar-refractivity contribution in [3.05, 3.63) is 82.3 Å². The molecular weight excluding hydrogens is 532 g/mol. The van der Waals surface area contributed by atoms with Crippen molar-refractivity contribution in [2.75, 3.05) is 24.6 Å². The molecule has 1 N–H and O–H groups in total. The number of amides is 1. The van der Waals surface area contributed by atoms with Crippen molar-refractivity contribution in [1.82, 2.24) is 5.32 Å². The molecule has 0 heterocycles. The maximum Gasteiger partial charge on any atom is 0.264 e. The summed E-state index contributed by atoms with van der Waals surface area (Å²) in [7, 11) is -2.55. The highest BCUT2D eigenvalue weighted by Crippen LogP contribution is 2.31. The summed E-state index contributed by atoms with van der Waals surface area (Å²) in [6.07, 6.45) is 0. The van der Waals surface area contributed by atoms with Crippen LogP contribution in [0.4, 0.5) is 5.69 Å². The van der Waals surface area contributed by atoms with Crippen LogP contribution in [0.5, 0.6) is 11.5 Å². The second-order valence-electron chi connectivity index (χ2n) is 7.93. The van der Waals surface area contributed by atoms with Crippen LogP contribution in [-0.4, -0.2) is 34.6 Å². The zero-order valence-corrected chi connectivity index (χ0v) is 22.5. The van der Waals surface area contributed by atoms with E-state index in [4.69, 9.17) is 9.47 Å². The number of halogens is 1. The minimum Gasteiger partial charge on any atom is -0.496 e. The second kappa shape index (κ2) is 11.6. The highest BCUT2D eigenvalue weighted by atomic mass is 79.9. The van der Waals surface area contributed by atoms with E-state index in [1.165, 1.54) is 19.2 Å². The number of nitrogens with one attached hydrogen (secondary N) is 1. The average molecular weight is 561 g/mol. The number of hydrogen-bond acceptors (Lipinski definition) is 5. The van der Waals surface area contributed by atoms with Crippen molar-refractivity contribution in [2.45, 2.75) is 31.7 Å². The number of benzene rings is 3. The number of aryl methyl sites for hydroxylation is 1. The number of ether oxygens (including phenoxy) is 2. The van der Waals surface area contributed by atoms with Crippen LogP contribution in [-0.2, 0) is 14.8 Å². The number of methoxy groups -OCH3 is 1. The van der Waals surface area contributed by atoms with Gasteiger partial charge in [-0.2, -0.15) is 0 Å². The van der Waals surface area contributed by atoms with E-state index >= 15 is 0 Å². The number of carbonyl (C=O) groups excluding carboxylic acids is 1. The molecule has 9 heteroatoms. The number of rotatable bonds is 10. The molecule has 0 unspecified atom stereocenters. The molecule has 3 aromatic rings. The molecule has 35 heavy (non-hydrogen) atoms. The van der Waals surface area contributed by atoms with Gasteiger partial charge in [0.05, 0.1) is 34.8 Å². The number of nitrogens with zero attached hydrogens (tertiary/aromatic N) is 1. The Morgan fingerprint density at radius 1 is 1.06 bits per heavy atom. The van der Waals surface area contributed by atoms with Gasteiger partial charge in [-0.25, -0.2) is 8.42 Å². The lowest BCUT2D eigenvalue weighted by Gasteiger charge is -2.25. The molecule has 0 aromatic heterocycles. The molecule has 0 aliphatic rings. The SMILES string of the molecule is CCOc1ccc([C@@H](C)NC(=O)CN(c2ccc(C)cc2)S(=O)(=O)c2ccc(OC)c(Br)c2)cc1. The summed E-state index contributed by atoms with van der Waals surface area (Å²) >= 11 is 3.34. The molecule has 0 aliphatic heterocycles. The van der Waals surface area contributed by atoms with E-state index in [1.807, 2.05) is 57.2 Å². The number of carbonyl (C=O) groups is 1. The molecule has 1 atom stereocenters. The van der Waals surface area contributed by atoms with Gasteiger partial charge < -0.3 is 14.8 Å². The second-order valence-corrected chi connectivity index (χ2v) is 10.7. The first-order chi connectivity index (χ1) is 16.6. The Morgan fingerprint density at radius 2 is 1.71 bits per heavy atom. The van der Waals surface area contributed by atoms with E-state index in [-0.39, 0.29) is 17.5 Å². The fourth-order valence-electron chi connectivity index (χ4n) is 3.48. The molecule has 0 saturated heterocycles. The molecule has 186 valence electrons. The lowest BCUT2D eigenvalue weighted by molar-refractivity contribution is -0.120. The van der Waals surface area contributed by atoms with Gasteiger partial charge in [-0.15, -0.1) is 0 Å². The fourth-order valence-corrected chi connectivity index (χ4v) is 5.62. The molecule has 7 nitrogen and oxygen atoms in total. The van der Waals surface area contributed by atoms with Gasteiger partial charge in [-0.3, -0.25) is 9.10 Å². The number of anilines is 1. The summed E-state index contributed by atoms with van der Waals surface area (Å²) in [6.45, 7) is 5.86. The summed E-state index contributed by atoms with van der Waals surface area (Å²) in [5.41, 5.74) is 2.25. The van der Waals surface area contributed by atoms with Crippen molar-refractivity contribution in [3.63, 3.8) is 0 Å². The van der Waals surface area contributed by atoms with Gasteiger partial charge >= 0.3 is 0 Å². The van der Waals surface area contributed by atoms with Gasteiger partial charge in [0, 0.05) is 0 Å². The molecule has 1 amide bonds. The van der Waals surface area contributed by atoms with Crippen LogP contribution in [0.15, 0.2) is 76.1 Å².